The van der Waals surface area contributed by atoms with Gasteiger partial charge in [0, 0.05) is 37.0 Å². The van der Waals surface area contributed by atoms with Gasteiger partial charge in [-0.15, -0.1) is 0 Å². The smallest absolute Gasteiger partial charge is 0.303 e. The summed E-state index contributed by atoms with van der Waals surface area (Å²) < 4.78 is 11.8. The molecule has 4 aliphatic rings. The molecule has 6 heteroatoms. The lowest BCUT2D eigenvalue weighted by Crippen LogP contribution is -2.54. The van der Waals surface area contributed by atoms with E-state index in [2.05, 4.69) is 27.7 Å². The Morgan fingerprint density at radius 2 is 1.76 bits per heavy atom. The van der Waals surface area contributed by atoms with Crippen molar-refractivity contribution >= 4 is 23.5 Å². The van der Waals surface area contributed by atoms with Crippen LogP contribution in [0.5, 0.6) is 0 Å². The molecule has 3 fully saturated rings. The summed E-state index contributed by atoms with van der Waals surface area (Å²) in [7, 11) is 0. The molecule has 0 N–H and O–H groups in total. The number of Topliss-reactive ketones (excluding diaryl/α,β-unsaturated/α-hetero) is 1. The van der Waals surface area contributed by atoms with Gasteiger partial charge in [-0.25, -0.2) is 0 Å². The first-order valence-corrected chi connectivity index (χ1v) is 14.2. The largest absolute Gasteiger partial charge is 0.459 e. The van der Waals surface area contributed by atoms with E-state index in [4.69, 9.17) is 9.47 Å². The molecule has 3 saturated carbocycles. The highest BCUT2D eigenvalue weighted by molar-refractivity contribution is 6.02. The van der Waals surface area contributed by atoms with E-state index in [1.165, 1.54) is 19.4 Å². The minimum absolute atomic E-state index is 0.0381. The van der Waals surface area contributed by atoms with Crippen LogP contribution in [0, 0.1) is 34.5 Å². The fourth-order valence-corrected chi connectivity index (χ4v) is 8.56. The SMILES string of the molecule is CCCCCC(OC(C)=O)C(OC(C)=O)[C@@H]1CC(=O)[C@@]2(C)CC[C@H]3[C@@H](CCC4=CC(=O)C=C(C)[C@@]43C)[C@H]12. The van der Waals surface area contributed by atoms with Crippen LogP contribution in [0.15, 0.2) is 23.3 Å². The Morgan fingerprint density at radius 1 is 1.05 bits per heavy atom. The van der Waals surface area contributed by atoms with Gasteiger partial charge in [-0.05, 0) is 75.4 Å². The zero-order valence-electron chi connectivity index (χ0n) is 23.4. The van der Waals surface area contributed by atoms with Gasteiger partial charge in [0.05, 0.1) is 0 Å². The van der Waals surface area contributed by atoms with Crippen molar-refractivity contribution in [2.75, 3.05) is 0 Å². The van der Waals surface area contributed by atoms with Gasteiger partial charge in [0.25, 0.3) is 0 Å². The van der Waals surface area contributed by atoms with Gasteiger partial charge < -0.3 is 9.47 Å². The van der Waals surface area contributed by atoms with E-state index in [1.807, 2.05) is 6.08 Å². The molecule has 0 amide bonds. The number of fused-ring (bicyclic) bond motifs is 5. The first kappa shape index (κ1) is 27.8. The van der Waals surface area contributed by atoms with Crippen LogP contribution in [0.1, 0.15) is 99.3 Å². The molecular weight excluding hydrogens is 468 g/mol. The summed E-state index contributed by atoms with van der Waals surface area (Å²) in [4.78, 5) is 50.5. The summed E-state index contributed by atoms with van der Waals surface area (Å²) >= 11 is 0. The fraction of sp³-hybridized carbons (Fsp3) is 0.742. The Bertz CT molecular complexity index is 1020. The number of carbonyl (C=O) groups is 4. The fourth-order valence-electron chi connectivity index (χ4n) is 8.56. The number of hydrogen-bond acceptors (Lipinski definition) is 6. The number of ketones is 2. The average molecular weight is 513 g/mol. The molecule has 0 aromatic rings. The lowest BCUT2D eigenvalue weighted by molar-refractivity contribution is -0.176. The van der Waals surface area contributed by atoms with Crippen molar-refractivity contribution in [1.29, 1.82) is 0 Å². The van der Waals surface area contributed by atoms with E-state index in [-0.39, 0.29) is 40.7 Å². The van der Waals surface area contributed by atoms with Gasteiger partial charge in [0.2, 0.25) is 0 Å². The monoisotopic (exact) mass is 512 g/mol. The van der Waals surface area contributed by atoms with Crippen LogP contribution in [0.4, 0.5) is 0 Å². The molecular formula is C31H44O6. The van der Waals surface area contributed by atoms with E-state index < -0.39 is 23.6 Å². The zero-order chi connectivity index (χ0) is 27.1. The lowest BCUT2D eigenvalue weighted by atomic mass is 9.46. The van der Waals surface area contributed by atoms with E-state index in [1.54, 1.807) is 6.08 Å². The molecule has 0 bridgehead atoms. The van der Waals surface area contributed by atoms with Crippen molar-refractivity contribution in [3.8, 4) is 0 Å². The molecule has 6 nitrogen and oxygen atoms in total. The van der Waals surface area contributed by atoms with Crippen LogP contribution < -0.4 is 0 Å². The molecule has 204 valence electrons. The molecule has 4 aliphatic carbocycles. The Labute approximate surface area is 221 Å². The average Bonchev–Trinajstić information content (AvgIpc) is 3.08. The maximum absolute atomic E-state index is 13.7. The minimum atomic E-state index is -0.637. The summed E-state index contributed by atoms with van der Waals surface area (Å²) in [6.07, 6.45) is 9.75. The molecule has 0 aromatic carbocycles. The number of ether oxygens (including phenoxy) is 2. The second-order valence-corrected chi connectivity index (χ2v) is 12.4. The number of carbonyl (C=O) groups excluding carboxylic acids is 4. The van der Waals surface area contributed by atoms with Gasteiger partial charge in [0.1, 0.15) is 18.0 Å². The maximum atomic E-state index is 13.7. The van der Waals surface area contributed by atoms with Gasteiger partial charge >= 0.3 is 11.9 Å². The van der Waals surface area contributed by atoms with E-state index >= 15 is 0 Å². The molecule has 0 radical (unpaired) electrons. The van der Waals surface area contributed by atoms with Gasteiger partial charge in [-0.2, -0.15) is 0 Å². The zero-order valence-corrected chi connectivity index (χ0v) is 23.4. The van der Waals surface area contributed by atoms with Crippen molar-refractivity contribution in [2.45, 2.75) is 112 Å². The van der Waals surface area contributed by atoms with Gasteiger partial charge in [-0.3, -0.25) is 19.2 Å². The van der Waals surface area contributed by atoms with Crippen molar-refractivity contribution in [3.05, 3.63) is 23.3 Å². The molecule has 37 heavy (non-hydrogen) atoms. The number of hydrogen-bond donors (Lipinski definition) is 0. The van der Waals surface area contributed by atoms with Gasteiger partial charge in [-0.1, -0.05) is 44.8 Å². The van der Waals surface area contributed by atoms with Gasteiger partial charge in [0.15, 0.2) is 5.78 Å². The topological polar surface area (TPSA) is 86.7 Å². The predicted octanol–water partition coefficient (Wildman–Crippen LogP) is 5.92. The molecule has 4 rings (SSSR count). The Balaban J connectivity index is 1.74. The van der Waals surface area contributed by atoms with Crippen LogP contribution >= 0.6 is 0 Å². The Morgan fingerprint density at radius 3 is 2.41 bits per heavy atom. The molecule has 0 saturated heterocycles. The molecule has 0 spiro atoms. The first-order chi connectivity index (χ1) is 17.4. The highest BCUT2D eigenvalue weighted by Crippen LogP contribution is 2.66. The van der Waals surface area contributed by atoms with Crippen LogP contribution in [0.3, 0.4) is 0 Å². The van der Waals surface area contributed by atoms with E-state index in [0.717, 1.165) is 50.5 Å². The minimum Gasteiger partial charge on any atom is -0.459 e. The van der Waals surface area contributed by atoms with Crippen LogP contribution in [0.25, 0.3) is 0 Å². The van der Waals surface area contributed by atoms with Crippen molar-refractivity contribution < 1.29 is 28.7 Å². The normalized spacial score (nSPS) is 36.4. The first-order valence-electron chi connectivity index (χ1n) is 14.2. The quantitative estimate of drug-likeness (QED) is 0.296. The van der Waals surface area contributed by atoms with Crippen molar-refractivity contribution in [1.82, 2.24) is 0 Å². The van der Waals surface area contributed by atoms with Crippen molar-refractivity contribution in [2.24, 2.45) is 34.5 Å². The number of unbranched alkanes of at least 4 members (excludes halogenated alkanes) is 2. The second kappa shape index (κ2) is 10.5. The third-order valence-corrected chi connectivity index (χ3v) is 10.4. The highest BCUT2D eigenvalue weighted by atomic mass is 16.6. The summed E-state index contributed by atoms with van der Waals surface area (Å²) in [5, 5.41) is 0. The molecule has 8 atom stereocenters. The second-order valence-electron chi connectivity index (χ2n) is 12.4. The molecule has 2 unspecified atom stereocenters. The van der Waals surface area contributed by atoms with Crippen LogP contribution in [-0.4, -0.2) is 35.7 Å². The standard InChI is InChI=1S/C31H44O6/c1-7-8-9-10-26(36-19(3)32)29(37-20(4)33)24-17-27(35)30(5)14-13-25-23(28(24)30)12-11-21-16-22(34)15-18(2)31(21,25)6/h15-16,23-26,28-29H,7-14,17H2,1-6H3/t23-,24-,25+,26?,28-,29?,30-,31+/m1/s1. The van der Waals surface area contributed by atoms with Crippen molar-refractivity contribution in [3.63, 3.8) is 0 Å². The number of allylic oxidation sites excluding steroid dienone is 4. The predicted molar refractivity (Wildman–Crippen MR) is 140 cm³/mol. The summed E-state index contributed by atoms with van der Waals surface area (Å²) in [6, 6.07) is 0. The summed E-state index contributed by atoms with van der Waals surface area (Å²) in [5.74, 6) is -0.0552. The Kier molecular flexibility index (Phi) is 7.88. The highest BCUT2D eigenvalue weighted by Gasteiger charge is 2.64. The number of esters is 2. The van der Waals surface area contributed by atoms with Crippen LogP contribution in [-0.2, 0) is 28.7 Å². The molecule has 0 heterocycles. The summed E-state index contributed by atoms with van der Waals surface area (Å²) in [5.41, 5.74) is 1.66. The molecule has 0 aliphatic heterocycles. The van der Waals surface area contributed by atoms with E-state index in [9.17, 15) is 19.2 Å². The lowest BCUT2D eigenvalue weighted by Gasteiger charge is -2.58. The maximum Gasteiger partial charge on any atom is 0.303 e. The van der Waals surface area contributed by atoms with Crippen LogP contribution in [0.2, 0.25) is 0 Å². The third-order valence-electron chi connectivity index (χ3n) is 10.4. The molecule has 0 aromatic heterocycles. The van der Waals surface area contributed by atoms with E-state index in [0.29, 0.717) is 18.8 Å². The third kappa shape index (κ3) is 4.85. The Hall–Kier alpha value is -2.24. The number of rotatable bonds is 8. The summed E-state index contributed by atoms with van der Waals surface area (Å²) in [6.45, 7) is 11.4.